The fourth-order valence-corrected chi connectivity index (χ4v) is 6.74. The maximum atomic E-state index is 12.9. The van der Waals surface area contributed by atoms with Crippen LogP contribution in [0, 0.1) is 5.92 Å². The molecule has 3 unspecified atom stereocenters. The van der Waals surface area contributed by atoms with Gasteiger partial charge < -0.3 is 24.4 Å². The third-order valence-electron chi connectivity index (χ3n) is 9.46. The summed E-state index contributed by atoms with van der Waals surface area (Å²) in [5, 5.41) is 7.42. The smallest absolute Gasteiger partial charge is 0.300 e. The molecule has 1 aromatic carbocycles. The number of unbranched alkanes of at least 4 members (excludes halogenated alkanes) is 3. The number of fused-ring (bicyclic) bond motifs is 1. The molecule has 8 heteroatoms. The summed E-state index contributed by atoms with van der Waals surface area (Å²) >= 11 is 0. The van der Waals surface area contributed by atoms with Crippen molar-refractivity contribution in [2.24, 2.45) is 5.92 Å². The number of nitrogens with one attached hydrogen (secondary N) is 1. The minimum Gasteiger partial charge on any atom is -0.493 e. The Morgan fingerprint density at radius 3 is 2.22 bits per heavy atom. The van der Waals surface area contributed by atoms with Gasteiger partial charge in [-0.05, 0) is 87.8 Å². The predicted octanol–water partition coefficient (Wildman–Crippen LogP) is 7.92. The number of carboxylic acids is 1. The van der Waals surface area contributed by atoms with E-state index in [1.165, 1.54) is 47.3 Å². The summed E-state index contributed by atoms with van der Waals surface area (Å²) in [6.45, 7) is 19.6. The largest absolute Gasteiger partial charge is 0.493 e. The summed E-state index contributed by atoms with van der Waals surface area (Å²) < 4.78 is 11.5. The highest BCUT2D eigenvalue weighted by Gasteiger charge is 2.31. The van der Waals surface area contributed by atoms with Crippen molar-refractivity contribution in [1.29, 1.82) is 0 Å². The number of aliphatic carboxylic acids is 1. The Hall–Kier alpha value is -2.84. The lowest BCUT2D eigenvalue weighted by atomic mass is 9.96. The van der Waals surface area contributed by atoms with Gasteiger partial charge in [0.05, 0.1) is 40.9 Å². The van der Waals surface area contributed by atoms with Gasteiger partial charge in [0.15, 0.2) is 0 Å². The maximum Gasteiger partial charge on any atom is 0.300 e. The third kappa shape index (κ3) is 18.5. The van der Waals surface area contributed by atoms with Crippen molar-refractivity contribution >= 4 is 11.9 Å². The van der Waals surface area contributed by atoms with Crippen LogP contribution in [0.5, 0.6) is 5.75 Å². The zero-order valence-corrected chi connectivity index (χ0v) is 34.3. The Kier molecular flexibility index (Phi) is 24.3. The molecule has 3 heterocycles. The lowest BCUT2D eigenvalue weighted by Crippen LogP contribution is -3.02. The topological polar surface area (TPSA) is 83.8 Å². The number of quaternary nitrogens is 1. The summed E-state index contributed by atoms with van der Waals surface area (Å²) in [7, 11) is 6.25. The van der Waals surface area contributed by atoms with E-state index in [0.29, 0.717) is 24.4 Å². The first-order valence-corrected chi connectivity index (χ1v) is 20.2. The number of ether oxygens (including phenoxy) is 2. The molecule has 3 atom stereocenters. The Labute approximate surface area is 312 Å². The number of aryl methyl sites for hydroxylation is 1. The number of carbonyl (C=O) groups is 2. The van der Waals surface area contributed by atoms with Crippen molar-refractivity contribution in [2.45, 2.75) is 137 Å². The SMILES string of the molecule is CC(=O)O.CC/C=C1/CCO/C1=C/CCCC1CC(C)N(CC(=O)N(CCCC)CCCC)C1.CCc1cccc2c1OCC2CC.C[NH+](C)C. The van der Waals surface area contributed by atoms with Crippen LogP contribution in [0.25, 0.3) is 0 Å². The van der Waals surface area contributed by atoms with Gasteiger partial charge in [-0.2, -0.15) is 0 Å². The van der Waals surface area contributed by atoms with Gasteiger partial charge in [-0.3, -0.25) is 14.5 Å². The van der Waals surface area contributed by atoms with Gasteiger partial charge >= 0.3 is 0 Å². The molecule has 3 aliphatic heterocycles. The molecule has 1 aromatic rings. The Morgan fingerprint density at radius 1 is 1.00 bits per heavy atom. The number of carboxylic acid groups (broad SMARTS) is 1. The summed E-state index contributed by atoms with van der Waals surface area (Å²) in [5.74, 6) is 3.14. The minimum absolute atomic E-state index is 0.336. The summed E-state index contributed by atoms with van der Waals surface area (Å²) in [5.41, 5.74) is 4.17. The van der Waals surface area contributed by atoms with Crippen LogP contribution in [0.15, 0.2) is 41.7 Å². The van der Waals surface area contributed by atoms with E-state index in [9.17, 15) is 4.79 Å². The fraction of sp³-hybridized carbons (Fsp3) is 0.721. The number of nitrogens with zero attached hydrogens (tertiary/aromatic N) is 2. The molecule has 0 spiro atoms. The van der Waals surface area contributed by atoms with Gasteiger partial charge in [0.25, 0.3) is 5.97 Å². The average Bonchev–Trinajstić information content (AvgIpc) is 3.81. The van der Waals surface area contributed by atoms with Gasteiger partial charge in [-0.15, -0.1) is 0 Å². The summed E-state index contributed by atoms with van der Waals surface area (Å²) in [6.07, 6.45) is 18.3. The third-order valence-corrected chi connectivity index (χ3v) is 9.46. The lowest BCUT2D eigenvalue weighted by Gasteiger charge is -2.27. The lowest BCUT2D eigenvalue weighted by molar-refractivity contribution is -0.836. The van der Waals surface area contributed by atoms with Gasteiger partial charge in [0.1, 0.15) is 11.5 Å². The highest BCUT2D eigenvalue weighted by Crippen LogP contribution is 2.38. The van der Waals surface area contributed by atoms with Crippen molar-refractivity contribution in [3.05, 3.63) is 52.8 Å². The first-order chi connectivity index (χ1) is 24.4. The van der Waals surface area contributed by atoms with Gasteiger partial charge in [-0.1, -0.05) is 71.7 Å². The van der Waals surface area contributed by atoms with Gasteiger partial charge in [0, 0.05) is 50.5 Å². The van der Waals surface area contributed by atoms with E-state index in [-0.39, 0.29) is 0 Å². The number of para-hydroxylation sites is 1. The Bertz CT molecular complexity index is 1170. The van der Waals surface area contributed by atoms with E-state index in [2.05, 4.69) is 103 Å². The molecule has 2 saturated heterocycles. The molecule has 0 aliphatic carbocycles. The number of amides is 1. The Balaban J connectivity index is 0.000000503. The molecule has 292 valence electrons. The van der Waals surface area contributed by atoms with E-state index in [0.717, 1.165) is 109 Å². The van der Waals surface area contributed by atoms with Crippen LogP contribution >= 0.6 is 0 Å². The highest BCUT2D eigenvalue weighted by molar-refractivity contribution is 5.78. The number of hydrogen-bond acceptors (Lipinski definition) is 5. The van der Waals surface area contributed by atoms with Crippen molar-refractivity contribution in [1.82, 2.24) is 9.80 Å². The quantitative estimate of drug-likeness (QED) is 0.180. The average molecular weight is 715 g/mol. The van der Waals surface area contributed by atoms with Crippen LogP contribution in [-0.2, 0) is 20.7 Å². The van der Waals surface area contributed by atoms with Crippen LogP contribution in [-0.4, -0.2) is 93.4 Å². The summed E-state index contributed by atoms with van der Waals surface area (Å²) in [6, 6.07) is 7.04. The number of likely N-dealkylation sites (tertiary alicyclic amines) is 1. The molecular formula is C43H76N3O5+. The van der Waals surface area contributed by atoms with E-state index >= 15 is 0 Å². The molecule has 0 aromatic heterocycles. The van der Waals surface area contributed by atoms with Crippen molar-refractivity contribution in [3.63, 3.8) is 0 Å². The number of rotatable bonds is 15. The first kappa shape index (κ1) is 46.2. The minimum atomic E-state index is -0.833. The van der Waals surface area contributed by atoms with E-state index in [1.54, 1.807) is 0 Å². The molecule has 51 heavy (non-hydrogen) atoms. The Morgan fingerprint density at radius 2 is 1.65 bits per heavy atom. The van der Waals surface area contributed by atoms with Gasteiger partial charge in [-0.25, -0.2) is 0 Å². The molecule has 0 saturated carbocycles. The van der Waals surface area contributed by atoms with Crippen molar-refractivity contribution in [2.75, 3.05) is 60.5 Å². The highest BCUT2D eigenvalue weighted by atomic mass is 16.5. The van der Waals surface area contributed by atoms with Crippen LogP contribution in [0.1, 0.15) is 136 Å². The molecule has 0 radical (unpaired) electrons. The molecule has 1 amide bonds. The zero-order chi connectivity index (χ0) is 38.2. The zero-order valence-electron chi connectivity index (χ0n) is 34.3. The van der Waals surface area contributed by atoms with Crippen LogP contribution in [0.4, 0.5) is 0 Å². The normalized spacial score (nSPS) is 20.7. The standard InChI is InChI=1S/C26H46N2O2.C12H16O.C3H9N.C2H4O2/c1-5-8-16-27(17-9-6-2)26(29)21-28-20-23(19-22(28)4)13-10-11-14-25-24(12-7-3)15-18-30-25;1-3-9-6-5-7-11-10(4-2)8-13-12(9)11;1-4(2)3;1-2(3)4/h12,14,22-23H,5-11,13,15-21H2,1-4H3;5-7,10H,3-4,8H2,1-2H3;1-3H3;1H3,(H,3,4)/p+1/b24-12-,25-14+;;;. The van der Waals surface area contributed by atoms with Crippen molar-refractivity contribution in [3.8, 4) is 5.75 Å². The second-order valence-electron chi connectivity index (χ2n) is 14.8. The maximum absolute atomic E-state index is 12.9. The second-order valence-corrected chi connectivity index (χ2v) is 14.8. The van der Waals surface area contributed by atoms with E-state index in [4.69, 9.17) is 19.4 Å². The molecule has 2 fully saturated rings. The van der Waals surface area contributed by atoms with Crippen LogP contribution < -0.4 is 9.64 Å². The van der Waals surface area contributed by atoms with Gasteiger partial charge in [0.2, 0.25) is 5.91 Å². The number of allylic oxidation sites excluding steroid dienone is 3. The van der Waals surface area contributed by atoms with E-state index < -0.39 is 5.97 Å². The predicted molar refractivity (Wildman–Crippen MR) is 213 cm³/mol. The number of carbonyl (C=O) groups excluding carboxylic acids is 1. The molecule has 3 aliphatic rings. The molecule has 2 N–H and O–H groups in total. The molecular weight excluding hydrogens is 638 g/mol. The molecule has 0 bridgehead atoms. The molecule has 4 rings (SSSR count). The van der Waals surface area contributed by atoms with Crippen LogP contribution in [0.2, 0.25) is 0 Å². The first-order valence-electron chi connectivity index (χ1n) is 20.2. The van der Waals surface area contributed by atoms with Crippen molar-refractivity contribution < 1.29 is 29.1 Å². The number of hydrogen-bond donors (Lipinski definition) is 2. The molecule has 8 nitrogen and oxygen atoms in total. The van der Waals surface area contributed by atoms with E-state index in [1.807, 2.05) is 0 Å². The fourth-order valence-electron chi connectivity index (χ4n) is 6.74. The monoisotopic (exact) mass is 715 g/mol. The number of benzene rings is 1. The summed E-state index contributed by atoms with van der Waals surface area (Å²) in [4.78, 5) is 27.9. The second kappa shape index (κ2) is 26.9. The van der Waals surface area contributed by atoms with Crippen LogP contribution in [0.3, 0.4) is 0 Å².